The quantitative estimate of drug-likeness (QED) is 0.652. The maximum Gasteiger partial charge on any atom is 0.331 e. The smallest absolute Gasteiger partial charge is 0.331 e. The zero-order chi connectivity index (χ0) is 16.7. The molecule has 0 saturated heterocycles. The molecule has 23 heavy (non-hydrogen) atoms. The highest BCUT2D eigenvalue weighted by atomic mass is 32.1. The molecule has 1 aromatic heterocycles. The van der Waals surface area contributed by atoms with Crippen LogP contribution in [0.25, 0.3) is 16.5 Å². The first-order chi connectivity index (χ1) is 11.1. The molecule has 120 valence electrons. The first-order valence-electron chi connectivity index (χ1n) is 7.42. The lowest BCUT2D eigenvalue weighted by Crippen LogP contribution is -2.35. The first kappa shape index (κ1) is 17.0. The summed E-state index contributed by atoms with van der Waals surface area (Å²) in [5.41, 5.74) is 1.14. The number of carbonyl (C=O) groups excluding carboxylic acids is 2. The Morgan fingerprint density at radius 3 is 2.65 bits per heavy atom. The molecule has 0 aliphatic heterocycles. The van der Waals surface area contributed by atoms with Crippen LogP contribution in [0.15, 0.2) is 48.5 Å². The van der Waals surface area contributed by atoms with Crippen molar-refractivity contribution in [2.45, 2.75) is 20.0 Å². The highest BCUT2D eigenvalue weighted by Crippen LogP contribution is 2.28. The van der Waals surface area contributed by atoms with Crippen molar-refractivity contribution in [3.63, 3.8) is 0 Å². The fraction of sp³-hybridized carbons (Fsp3) is 0.222. The van der Waals surface area contributed by atoms with Gasteiger partial charge in [0.2, 0.25) is 0 Å². The van der Waals surface area contributed by atoms with Gasteiger partial charge in [-0.1, -0.05) is 30.3 Å². The zero-order valence-electron chi connectivity index (χ0n) is 13.1. The number of esters is 1. The largest absolute Gasteiger partial charge is 0.449 e. The lowest BCUT2D eigenvalue weighted by molar-refractivity contribution is -0.150. The standard InChI is InChI=1S/C18H19NO3S/c1-3-19-18(21)13(2)22-17(20)12-10-15-9-11-16(23-15)14-7-5-4-6-8-14/h4-13H,3H2,1-2H3,(H,19,21)/b12-10+/t13-/m0/s1. The van der Waals surface area contributed by atoms with E-state index < -0.39 is 12.1 Å². The van der Waals surface area contributed by atoms with E-state index in [2.05, 4.69) is 5.32 Å². The highest BCUT2D eigenvalue weighted by molar-refractivity contribution is 7.16. The van der Waals surface area contributed by atoms with Gasteiger partial charge in [0.15, 0.2) is 6.10 Å². The van der Waals surface area contributed by atoms with Gasteiger partial charge in [-0.15, -0.1) is 11.3 Å². The van der Waals surface area contributed by atoms with Crippen molar-refractivity contribution >= 4 is 29.3 Å². The second-order valence-corrected chi connectivity index (χ2v) is 5.99. The maximum atomic E-state index is 11.7. The van der Waals surface area contributed by atoms with E-state index in [0.29, 0.717) is 6.54 Å². The number of hydrogen-bond acceptors (Lipinski definition) is 4. The van der Waals surface area contributed by atoms with E-state index in [4.69, 9.17) is 4.74 Å². The summed E-state index contributed by atoms with van der Waals surface area (Å²) in [6.07, 6.45) is 2.25. The zero-order valence-corrected chi connectivity index (χ0v) is 13.9. The predicted octanol–water partition coefficient (Wildman–Crippen LogP) is 3.50. The fourth-order valence-electron chi connectivity index (χ4n) is 1.94. The van der Waals surface area contributed by atoms with E-state index in [1.807, 2.05) is 49.4 Å². The van der Waals surface area contributed by atoms with Crippen molar-refractivity contribution in [2.24, 2.45) is 0 Å². The molecule has 1 heterocycles. The molecular weight excluding hydrogens is 310 g/mol. The second-order valence-electron chi connectivity index (χ2n) is 4.88. The number of nitrogens with one attached hydrogen (secondary N) is 1. The number of benzene rings is 1. The van der Waals surface area contributed by atoms with E-state index in [9.17, 15) is 9.59 Å². The van der Waals surface area contributed by atoms with Gasteiger partial charge in [-0.2, -0.15) is 0 Å². The van der Waals surface area contributed by atoms with Crippen LogP contribution in [0.3, 0.4) is 0 Å². The van der Waals surface area contributed by atoms with Gasteiger partial charge in [0.1, 0.15) is 0 Å². The number of hydrogen-bond donors (Lipinski definition) is 1. The Morgan fingerprint density at radius 2 is 1.96 bits per heavy atom. The Hall–Kier alpha value is -2.40. The summed E-state index contributed by atoms with van der Waals surface area (Å²) >= 11 is 1.59. The molecule has 0 saturated carbocycles. The van der Waals surface area contributed by atoms with Gasteiger partial charge in [0.05, 0.1) is 0 Å². The minimum atomic E-state index is -0.796. The molecule has 2 aromatic rings. The van der Waals surface area contributed by atoms with E-state index in [-0.39, 0.29) is 5.91 Å². The Kier molecular flexibility index (Phi) is 6.11. The molecule has 5 heteroatoms. The number of amides is 1. The molecular formula is C18H19NO3S. The van der Waals surface area contributed by atoms with Crippen LogP contribution >= 0.6 is 11.3 Å². The molecule has 0 aliphatic carbocycles. The van der Waals surface area contributed by atoms with Crippen LogP contribution in [0.4, 0.5) is 0 Å². The SMILES string of the molecule is CCNC(=O)[C@H](C)OC(=O)/C=C/c1ccc(-c2ccccc2)s1. The average molecular weight is 329 g/mol. The predicted molar refractivity (Wildman–Crippen MR) is 93.0 cm³/mol. The van der Waals surface area contributed by atoms with E-state index in [1.165, 1.54) is 6.08 Å². The Bertz CT molecular complexity index is 691. The van der Waals surface area contributed by atoms with Gasteiger partial charge in [0.25, 0.3) is 5.91 Å². The number of thiophene rings is 1. The van der Waals surface area contributed by atoms with Gasteiger partial charge in [0, 0.05) is 22.4 Å². The van der Waals surface area contributed by atoms with Crippen LogP contribution in [0.1, 0.15) is 18.7 Å². The third-order valence-electron chi connectivity index (χ3n) is 3.08. The third kappa shape index (κ3) is 5.07. The maximum absolute atomic E-state index is 11.7. The van der Waals surface area contributed by atoms with Crippen molar-refractivity contribution < 1.29 is 14.3 Å². The molecule has 4 nitrogen and oxygen atoms in total. The number of rotatable bonds is 6. The summed E-state index contributed by atoms with van der Waals surface area (Å²) in [7, 11) is 0. The van der Waals surface area contributed by atoms with Crippen LogP contribution in [0.5, 0.6) is 0 Å². The summed E-state index contributed by atoms with van der Waals surface area (Å²) in [5, 5.41) is 2.61. The molecule has 1 aromatic carbocycles. The van der Waals surface area contributed by atoms with Crippen molar-refractivity contribution in [3.05, 3.63) is 53.4 Å². The van der Waals surface area contributed by atoms with Gasteiger partial charge in [-0.25, -0.2) is 4.79 Å². The molecule has 0 radical (unpaired) electrons. The van der Waals surface area contributed by atoms with Crippen LogP contribution in [0, 0.1) is 0 Å². The summed E-state index contributed by atoms with van der Waals surface area (Å²) < 4.78 is 5.04. The monoisotopic (exact) mass is 329 g/mol. The summed E-state index contributed by atoms with van der Waals surface area (Å²) in [6.45, 7) is 3.87. The molecule has 1 amide bonds. The summed E-state index contributed by atoms with van der Waals surface area (Å²) in [4.78, 5) is 25.3. The van der Waals surface area contributed by atoms with Crippen molar-refractivity contribution in [1.82, 2.24) is 5.32 Å². The molecule has 2 rings (SSSR count). The van der Waals surface area contributed by atoms with Crippen molar-refractivity contribution in [1.29, 1.82) is 0 Å². The number of likely N-dealkylation sites (N-methyl/N-ethyl adjacent to an activating group) is 1. The summed E-state index contributed by atoms with van der Waals surface area (Å²) in [6, 6.07) is 14.0. The topological polar surface area (TPSA) is 55.4 Å². The summed E-state index contributed by atoms with van der Waals surface area (Å²) in [5.74, 6) is -0.824. The molecule has 0 bridgehead atoms. The molecule has 0 aliphatic rings. The van der Waals surface area contributed by atoms with Gasteiger partial charge in [-0.3, -0.25) is 4.79 Å². The minimum absolute atomic E-state index is 0.295. The van der Waals surface area contributed by atoms with Crippen molar-refractivity contribution in [2.75, 3.05) is 6.54 Å². The van der Waals surface area contributed by atoms with Gasteiger partial charge < -0.3 is 10.1 Å². The van der Waals surface area contributed by atoms with Crippen LogP contribution < -0.4 is 5.32 Å². The molecule has 1 N–H and O–H groups in total. The lowest BCUT2D eigenvalue weighted by atomic mass is 10.2. The second kappa shape index (κ2) is 8.29. The molecule has 0 spiro atoms. The number of carbonyl (C=O) groups is 2. The van der Waals surface area contributed by atoms with E-state index in [0.717, 1.165) is 15.3 Å². The normalized spacial score (nSPS) is 12.1. The van der Waals surface area contributed by atoms with E-state index in [1.54, 1.807) is 24.3 Å². The van der Waals surface area contributed by atoms with Crippen LogP contribution in [-0.2, 0) is 14.3 Å². The third-order valence-corrected chi connectivity index (χ3v) is 4.18. The van der Waals surface area contributed by atoms with Gasteiger partial charge >= 0.3 is 5.97 Å². The molecule has 1 atom stereocenters. The van der Waals surface area contributed by atoms with E-state index >= 15 is 0 Å². The Morgan fingerprint density at radius 1 is 1.22 bits per heavy atom. The average Bonchev–Trinajstić information content (AvgIpc) is 3.03. The van der Waals surface area contributed by atoms with Crippen molar-refractivity contribution in [3.8, 4) is 10.4 Å². The van der Waals surface area contributed by atoms with Crippen LogP contribution in [-0.4, -0.2) is 24.5 Å². The molecule has 0 unspecified atom stereocenters. The first-order valence-corrected chi connectivity index (χ1v) is 8.23. The van der Waals surface area contributed by atoms with Crippen LogP contribution in [0.2, 0.25) is 0 Å². The minimum Gasteiger partial charge on any atom is -0.449 e. The van der Waals surface area contributed by atoms with Gasteiger partial charge in [-0.05, 0) is 37.6 Å². The molecule has 0 fully saturated rings. The Balaban J connectivity index is 1.94. The lowest BCUT2D eigenvalue weighted by Gasteiger charge is -2.10. The Labute approximate surface area is 139 Å². The number of ether oxygens (including phenoxy) is 1. The highest BCUT2D eigenvalue weighted by Gasteiger charge is 2.15. The fourth-order valence-corrected chi connectivity index (χ4v) is 2.85.